The molecule has 0 spiro atoms. The van der Waals surface area contributed by atoms with Crippen LogP contribution in [0.1, 0.15) is 22.7 Å². The van der Waals surface area contributed by atoms with E-state index in [0.717, 1.165) is 18.3 Å². The van der Waals surface area contributed by atoms with E-state index in [0.29, 0.717) is 4.47 Å². The Morgan fingerprint density at radius 3 is 2.48 bits per heavy atom. The van der Waals surface area contributed by atoms with Gasteiger partial charge in [-0.2, -0.15) is 13.2 Å². The van der Waals surface area contributed by atoms with Crippen molar-refractivity contribution in [3.63, 3.8) is 0 Å². The average molecular weight is 364 g/mol. The number of rotatable bonds is 3. The molecule has 21 heavy (non-hydrogen) atoms. The molecule has 0 fully saturated rings. The van der Waals surface area contributed by atoms with Crippen molar-refractivity contribution in [2.24, 2.45) is 5.84 Å². The molecule has 2 aromatic rings. The molecule has 1 unspecified atom stereocenters. The van der Waals surface area contributed by atoms with Gasteiger partial charge >= 0.3 is 6.18 Å². The summed E-state index contributed by atoms with van der Waals surface area (Å²) in [5.74, 6) is 4.73. The monoisotopic (exact) mass is 363 g/mol. The zero-order valence-corrected chi connectivity index (χ0v) is 12.0. The van der Waals surface area contributed by atoms with Crippen molar-refractivity contribution in [3.8, 4) is 0 Å². The highest BCUT2D eigenvalue weighted by molar-refractivity contribution is 9.10. The summed E-state index contributed by atoms with van der Waals surface area (Å²) in [6, 6.07) is 3.52. The van der Waals surface area contributed by atoms with E-state index >= 15 is 0 Å². The molecule has 1 atom stereocenters. The fourth-order valence-electron chi connectivity index (χ4n) is 1.91. The number of hydrogen-bond donors (Lipinski definition) is 2. The first-order chi connectivity index (χ1) is 9.84. The van der Waals surface area contributed by atoms with Gasteiger partial charge in [-0.3, -0.25) is 10.8 Å². The van der Waals surface area contributed by atoms with Crippen LogP contribution in [0.25, 0.3) is 0 Å². The molecular formula is C13H10BrF4N3. The highest BCUT2D eigenvalue weighted by Crippen LogP contribution is 2.35. The van der Waals surface area contributed by atoms with Crippen LogP contribution in [0.2, 0.25) is 0 Å². The molecule has 1 aromatic carbocycles. The minimum atomic E-state index is -4.49. The van der Waals surface area contributed by atoms with Gasteiger partial charge in [0.1, 0.15) is 5.82 Å². The van der Waals surface area contributed by atoms with Crippen molar-refractivity contribution in [3.05, 3.63) is 63.6 Å². The minimum absolute atomic E-state index is 0.104. The number of nitrogens with zero attached hydrogens (tertiary/aromatic N) is 1. The van der Waals surface area contributed by atoms with Crippen LogP contribution in [0.4, 0.5) is 17.6 Å². The number of pyridine rings is 1. The topological polar surface area (TPSA) is 50.9 Å². The SMILES string of the molecule is NNC(c1ccncc1F)c1cc(C(F)(F)F)ccc1Br. The van der Waals surface area contributed by atoms with E-state index in [4.69, 9.17) is 5.84 Å². The third kappa shape index (κ3) is 3.39. The Morgan fingerprint density at radius 1 is 1.19 bits per heavy atom. The molecule has 3 nitrogen and oxygen atoms in total. The van der Waals surface area contributed by atoms with E-state index in [-0.39, 0.29) is 11.1 Å². The van der Waals surface area contributed by atoms with Crippen LogP contribution in [0.5, 0.6) is 0 Å². The van der Waals surface area contributed by atoms with Gasteiger partial charge in [0.2, 0.25) is 0 Å². The van der Waals surface area contributed by atoms with E-state index in [9.17, 15) is 17.6 Å². The zero-order chi connectivity index (χ0) is 15.6. The third-order valence-corrected chi connectivity index (χ3v) is 3.64. The lowest BCUT2D eigenvalue weighted by molar-refractivity contribution is -0.137. The van der Waals surface area contributed by atoms with Gasteiger partial charge in [0.15, 0.2) is 0 Å². The Morgan fingerprint density at radius 2 is 1.90 bits per heavy atom. The number of hydrazine groups is 1. The van der Waals surface area contributed by atoms with Crippen LogP contribution in [0.15, 0.2) is 41.1 Å². The van der Waals surface area contributed by atoms with Crippen molar-refractivity contribution in [2.75, 3.05) is 0 Å². The first kappa shape index (κ1) is 15.9. The van der Waals surface area contributed by atoms with E-state index in [2.05, 4.69) is 26.3 Å². The number of hydrogen-bond acceptors (Lipinski definition) is 3. The molecule has 0 saturated carbocycles. The Labute approximate surface area is 126 Å². The Hall–Kier alpha value is -1.51. The summed E-state index contributed by atoms with van der Waals surface area (Å²) in [5, 5.41) is 0. The van der Waals surface area contributed by atoms with Gasteiger partial charge in [0.05, 0.1) is 17.8 Å². The van der Waals surface area contributed by atoms with Crippen LogP contribution >= 0.6 is 15.9 Å². The van der Waals surface area contributed by atoms with Crippen LogP contribution in [-0.2, 0) is 6.18 Å². The number of alkyl halides is 3. The lowest BCUT2D eigenvalue weighted by atomic mass is 9.98. The van der Waals surface area contributed by atoms with Crippen molar-refractivity contribution in [1.29, 1.82) is 0 Å². The predicted octanol–water partition coefficient (Wildman–Crippen LogP) is 3.55. The first-order valence-electron chi connectivity index (χ1n) is 5.76. The lowest BCUT2D eigenvalue weighted by Crippen LogP contribution is -2.30. The minimum Gasteiger partial charge on any atom is -0.271 e. The molecule has 0 aliphatic rings. The number of nitrogens with two attached hydrogens (primary N) is 1. The molecular weight excluding hydrogens is 354 g/mol. The summed E-state index contributed by atoms with van der Waals surface area (Å²) in [6.07, 6.45) is -2.18. The van der Waals surface area contributed by atoms with Crippen LogP contribution < -0.4 is 11.3 Å². The molecule has 0 saturated heterocycles. The highest BCUT2D eigenvalue weighted by atomic mass is 79.9. The Kier molecular flexibility index (Phi) is 4.60. The van der Waals surface area contributed by atoms with Gasteiger partial charge in [0.25, 0.3) is 0 Å². The van der Waals surface area contributed by atoms with Crippen molar-refractivity contribution < 1.29 is 17.6 Å². The van der Waals surface area contributed by atoms with E-state index in [1.807, 2.05) is 0 Å². The van der Waals surface area contributed by atoms with Crippen LogP contribution in [-0.4, -0.2) is 4.98 Å². The van der Waals surface area contributed by atoms with Crippen molar-refractivity contribution >= 4 is 15.9 Å². The van der Waals surface area contributed by atoms with Gasteiger partial charge in [-0.15, -0.1) is 0 Å². The summed E-state index contributed by atoms with van der Waals surface area (Å²) in [7, 11) is 0. The Bertz CT molecular complexity index is 646. The summed E-state index contributed by atoms with van der Waals surface area (Å²) < 4.78 is 52.6. The molecule has 0 amide bonds. The molecule has 112 valence electrons. The number of halogens is 5. The van der Waals surface area contributed by atoms with E-state index in [1.165, 1.54) is 18.3 Å². The smallest absolute Gasteiger partial charge is 0.271 e. The largest absolute Gasteiger partial charge is 0.416 e. The van der Waals surface area contributed by atoms with Crippen molar-refractivity contribution in [1.82, 2.24) is 10.4 Å². The second-order valence-electron chi connectivity index (χ2n) is 4.23. The van der Waals surface area contributed by atoms with Gasteiger partial charge < -0.3 is 0 Å². The predicted molar refractivity (Wildman–Crippen MR) is 72.5 cm³/mol. The number of nitrogens with one attached hydrogen (secondary N) is 1. The molecule has 3 N–H and O–H groups in total. The van der Waals surface area contributed by atoms with E-state index in [1.54, 1.807) is 0 Å². The fourth-order valence-corrected chi connectivity index (χ4v) is 2.38. The van der Waals surface area contributed by atoms with Crippen LogP contribution in [0.3, 0.4) is 0 Å². The summed E-state index contributed by atoms with van der Waals surface area (Å²) in [4.78, 5) is 3.60. The zero-order valence-electron chi connectivity index (χ0n) is 10.5. The summed E-state index contributed by atoms with van der Waals surface area (Å²) >= 11 is 3.16. The normalized spacial score (nSPS) is 13.2. The average Bonchev–Trinajstić information content (AvgIpc) is 2.42. The second kappa shape index (κ2) is 6.08. The highest BCUT2D eigenvalue weighted by Gasteiger charge is 2.32. The standard InChI is InChI=1S/C13H10BrF4N3/c14-10-2-1-7(13(16,17)18)5-9(10)12(21-19)8-3-4-20-6-11(8)15/h1-6,12,21H,19H2. The first-order valence-corrected chi connectivity index (χ1v) is 6.56. The van der Waals surface area contributed by atoms with Gasteiger partial charge in [-0.25, -0.2) is 9.82 Å². The molecule has 8 heteroatoms. The number of aromatic nitrogens is 1. The third-order valence-electron chi connectivity index (χ3n) is 2.92. The van der Waals surface area contributed by atoms with Crippen molar-refractivity contribution in [2.45, 2.75) is 12.2 Å². The van der Waals surface area contributed by atoms with Gasteiger partial charge in [0, 0.05) is 16.2 Å². The molecule has 1 aromatic heterocycles. The lowest BCUT2D eigenvalue weighted by Gasteiger charge is -2.20. The maximum atomic E-state index is 13.8. The summed E-state index contributed by atoms with van der Waals surface area (Å²) in [5.41, 5.74) is 1.77. The van der Waals surface area contributed by atoms with Gasteiger partial charge in [-0.1, -0.05) is 15.9 Å². The molecule has 1 heterocycles. The van der Waals surface area contributed by atoms with E-state index < -0.39 is 23.6 Å². The van der Waals surface area contributed by atoms with Crippen LogP contribution in [0, 0.1) is 5.82 Å². The Balaban J connectivity index is 2.55. The molecule has 0 aliphatic heterocycles. The molecule has 2 rings (SSSR count). The number of benzene rings is 1. The maximum absolute atomic E-state index is 13.8. The maximum Gasteiger partial charge on any atom is 0.416 e. The molecule has 0 aliphatic carbocycles. The molecule has 0 radical (unpaired) electrons. The summed E-state index contributed by atoms with van der Waals surface area (Å²) in [6.45, 7) is 0. The quantitative estimate of drug-likeness (QED) is 0.498. The fraction of sp³-hybridized carbons (Fsp3) is 0.154. The molecule has 0 bridgehead atoms. The second-order valence-corrected chi connectivity index (χ2v) is 5.09. The van der Waals surface area contributed by atoms with Gasteiger partial charge in [-0.05, 0) is 29.8 Å².